The van der Waals surface area contributed by atoms with Gasteiger partial charge >= 0.3 is 5.97 Å². The highest BCUT2D eigenvalue weighted by Gasteiger charge is 2.09. The lowest BCUT2D eigenvalue weighted by Crippen LogP contribution is -2.20. The zero-order valence-electron chi connectivity index (χ0n) is 12.4. The molecule has 7 nitrogen and oxygen atoms in total. The maximum atomic E-state index is 12.0. The summed E-state index contributed by atoms with van der Waals surface area (Å²) in [5, 5.41) is 9.77. The van der Waals surface area contributed by atoms with Crippen molar-refractivity contribution in [1.82, 2.24) is 0 Å². The number of esters is 1. The molecule has 0 spiro atoms. The molecule has 0 amide bonds. The third-order valence-electron chi connectivity index (χ3n) is 2.82. The fourth-order valence-corrected chi connectivity index (χ4v) is 1.79. The van der Waals surface area contributed by atoms with E-state index >= 15 is 0 Å². The molecule has 2 aromatic carbocycles. The summed E-state index contributed by atoms with van der Waals surface area (Å²) in [4.78, 5) is 12.0. The molecule has 0 aliphatic rings. The maximum absolute atomic E-state index is 12.0. The van der Waals surface area contributed by atoms with Crippen LogP contribution in [0.25, 0.3) is 0 Å². The molecule has 0 bridgehead atoms. The van der Waals surface area contributed by atoms with E-state index < -0.39 is 5.97 Å². The molecule has 2 rings (SSSR count). The first-order chi connectivity index (χ1) is 11.1. The zero-order chi connectivity index (χ0) is 16.7. The fraction of sp³-hybridized carbons (Fsp3) is 0.125. The number of nitrogens with one attached hydrogen (secondary N) is 2. The predicted octanol–water partition coefficient (Wildman–Crippen LogP) is 1.55. The Bertz CT molecular complexity index is 669. The van der Waals surface area contributed by atoms with Crippen molar-refractivity contribution in [3.63, 3.8) is 0 Å². The molecule has 0 fully saturated rings. The van der Waals surface area contributed by atoms with Gasteiger partial charge in [-0.1, -0.05) is 0 Å². The van der Waals surface area contributed by atoms with Crippen LogP contribution in [0, 0.1) is 5.41 Å². The van der Waals surface area contributed by atoms with Crippen molar-refractivity contribution in [3.8, 4) is 11.5 Å². The number of hydrogen-bond acceptors (Lipinski definition) is 5. The lowest BCUT2D eigenvalue weighted by atomic mass is 10.2. The molecule has 120 valence electrons. The average molecular weight is 314 g/mol. The van der Waals surface area contributed by atoms with Crippen LogP contribution in [-0.4, -0.2) is 25.1 Å². The summed E-state index contributed by atoms with van der Waals surface area (Å²) in [5.74, 6) is 0.411. The molecule has 0 unspecified atom stereocenters. The van der Waals surface area contributed by atoms with Crippen molar-refractivity contribution in [2.24, 2.45) is 11.5 Å². The quantitative estimate of drug-likeness (QED) is 0.277. The Balaban J connectivity index is 1.96. The van der Waals surface area contributed by atoms with Crippen LogP contribution in [0.2, 0.25) is 0 Å². The minimum atomic E-state index is -0.470. The van der Waals surface area contributed by atoms with E-state index in [1.807, 2.05) is 0 Å². The molecule has 0 saturated heterocycles. The number of carbonyl (C=O) groups excluding carboxylic acids is 1. The van der Waals surface area contributed by atoms with Crippen molar-refractivity contribution >= 4 is 17.6 Å². The van der Waals surface area contributed by atoms with Crippen LogP contribution in [0.15, 0.2) is 48.5 Å². The maximum Gasteiger partial charge on any atom is 0.343 e. The summed E-state index contributed by atoms with van der Waals surface area (Å²) in [6, 6.07) is 13.2. The summed E-state index contributed by atoms with van der Waals surface area (Å²) in [7, 11) is 0. The molecule has 2 aromatic rings. The smallest absolute Gasteiger partial charge is 0.343 e. The first-order valence-electron chi connectivity index (χ1n) is 6.94. The van der Waals surface area contributed by atoms with E-state index in [4.69, 9.17) is 26.4 Å². The van der Waals surface area contributed by atoms with Crippen LogP contribution in [-0.2, 0) is 0 Å². The topological polar surface area (TPSA) is 123 Å². The largest absolute Gasteiger partial charge is 0.492 e. The first kappa shape index (κ1) is 16.3. The summed E-state index contributed by atoms with van der Waals surface area (Å²) in [6.45, 7) is 0.850. The Hall–Kier alpha value is -3.06. The van der Waals surface area contributed by atoms with Crippen molar-refractivity contribution in [2.75, 3.05) is 18.5 Å². The lowest BCUT2D eigenvalue weighted by Gasteiger charge is -2.08. The Morgan fingerprint density at radius 1 is 1.04 bits per heavy atom. The second-order valence-corrected chi connectivity index (χ2v) is 4.61. The molecule has 0 saturated carbocycles. The summed E-state index contributed by atoms with van der Waals surface area (Å²) < 4.78 is 10.6. The van der Waals surface area contributed by atoms with Crippen LogP contribution < -0.4 is 26.3 Å². The van der Waals surface area contributed by atoms with Crippen molar-refractivity contribution in [2.45, 2.75) is 0 Å². The molecule has 23 heavy (non-hydrogen) atoms. The van der Waals surface area contributed by atoms with Crippen LogP contribution in [0.5, 0.6) is 11.5 Å². The standard InChI is InChI=1S/C16H18N4O3/c17-9-10-22-13-5-1-11(2-6-13)15(21)23-14-7-3-12(4-8-14)20-16(18)19/h1-8H,9-10,17H2,(H4,18,19,20). The Kier molecular flexibility index (Phi) is 5.54. The highest BCUT2D eigenvalue weighted by atomic mass is 16.5. The van der Waals surface area contributed by atoms with Crippen LogP contribution in [0.3, 0.4) is 0 Å². The van der Waals surface area contributed by atoms with Gasteiger partial charge in [-0.3, -0.25) is 5.41 Å². The number of carbonyl (C=O) groups is 1. The van der Waals surface area contributed by atoms with E-state index in [9.17, 15) is 4.79 Å². The van der Waals surface area contributed by atoms with Gasteiger partial charge in [-0.05, 0) is 48.5 Å². The molecule has 0 aliphatic carbocycles. The number of guanidine groups is 1. The van der Waals surface area contributed by atoms with Gasteiger partial charge in [-0.2, -0.15) is 0 Å². The molecule has 0 radical (unpaired) electrons. The molecular weight excluding hydrogens is 296 g/mol. The minimum Gasteiger partial charge on any atom is -0.492 e. The second-order valence-electron chi connectivity index (χ2n) is 4.61. The van der Waals surface area contributed by atoms with E-state index in [0.29, 0.717) is 35.9 Å². The highest BCUT2D eigenvalue weighted by Crippen LogP contribution is 2.18. The minimum absolute atomic E-state index is 0.160. The van der Waals surface area contributed by atoms with Gasteiger partial charge in [0.2, 0.25) is 0 Å². The van der Waals surface area contributed by atoms with E-state index in [1.54, 1.807) is 48.5 Å². The SMILES string of the molecule is N=C(N)Nc1ccc(OC(=O)c2ccc(OCCN)cc2)cc1. The third kappa shape index (κ3) is 5.01. The molecule has 0 heterocycles. The normalized spacial score (nSPS) is 9.96. The third-order valence-corrected chi connectivity index (χ3v) is 2.82. The van der Waals surface area contributed by atoms with Crippen molar-refractivity contribution < 1.29 is 14.3 Å². The molecule has 6 N–H and O–H groups in total. The summed E-state index contributed by atoms with van der Waals surface area (Å²) in [6.07, 6.45) is 0. The van der Waals surface area contributed by atoms with Gasteiger partial charge in [0.05, 0.1) is 5.56 Å². The van der Waals surface area contributed by atoms with Gasteiger partial charge in [-0.15, -0.1) is 0 Å². The molecule has 7 heteroatoms. The number of benzene rings is 2. The van der Waals surface area contributed by atoms with Gasteiger partial charge in [0.1, 0.15) is 18.1 Å². The van der Waals surface area contributed by atoms with Gasteiger partial charge in [0.15, 0.2) is 5.96 Å². The molecule has 0 aliphatic heterocycles. The van der Waals surface area contributed by atoms with E-state index in [0.717, 1.165) is 0 Å². The van der Waals surface area contributed by atoms with Gasteiger partial charge in [0, 0.05) is 12.2 Å². The number of rotatable bonds is 6. The Morgan fingerprint density at radius 2 is 1.65 bits per heavy atom. The number of anilines is 1. The second kappa shape index (κ2) is 7.81. The predicted molar refractivity (Wildman–Crippen MR) is 87.9 cm³/mol. The molecule has 0 atom stereocenters. The van der Waals surface area contributed by atoms with E-state index in [1.165, 1.54) is 0 Å². The zero-order valence-corrected chi connectivity index (χ0v) is 12.4. The Morgan fingerprint density at radius 3 is 2.22 bits per heavy atom. The summed E-state index contributed by atoms with van der Waals surface area (Å²) >= 11 is 0. The fourth-order valence-electron chi connectivity index (χ4n) is 1.79. The van der Waals surface area contributed by atoms with Gasteiger partial charge in [0.25, 0.3) is 0 Å². The first-order valence-corrected chi connectivity index (χ1v) is 6.94. The summed E-state index contributed by atoms with van der Waals surface area (Å²) in [5.41, 5.74) is 11.6. The van der Waals surface area contributed by atoms with Gasteiger partial charge in [-0.25, -0.2) is 4.79 Å². The monoisotopic (exact) mass is 314 g/mol. The highest BCUT2D eigenvalue weighted by molar-refractivity contribution is 5.91. The van der Waals surface area contributed by atoms with Crippen LogP contribution in [0.1, 0.15) is 10.4 Å². The molecular formula is C16H18N4O3. The van der Waals surface area contributed by atoms with E-state index in [2.05, 4.69) is 5.32 Å². The van der Waals surface area contributed by atoms with Crippen molar-refractivity contribution in [3.05, 3.63) is 54.1 Å². The van der Waals surface area contributed by atoms with Crippen LogP contribution in [0.4, 0.5) is 5.69 Å². The molecule has 0 aromatic heterocycles. The number of hydrogen-bond donors (Lipinski definition) is 4. The average Bonchev–Trinajstić information content (AvgIpc) is 2.54. The number of ether oxygens (including phenoxy) is 2. The van der Waals surface area contributed by atoms with Gasteiger partial charge < -0.3 is 26.3 Å². The number of nitrogens with two attached hydrogens (primary N) is 2. The van der Waals surface area contributed by atoms with E-state index in [-0.39, 0.29) is 5.96 Å². The van der Waals surface area contributed by atoms with Crippen molar-refractivity contribution in [1.29, 1.82) is 5.41 Å². The lowest BCUT2D eigenvalue weighted by molar-refractivity contribution is 0.0734. The van der Waals surface area contributed by atoms with Crippen LogP contribution >= 0.6 is 0 Å². The Labute approximate surface area is 133 Å².